The molecular weight excluding hydrogens is 734 g/mol. The molecule has 200 valence electrons. The zero-order valence-corrected chi connectivity index (χ0v) is 26.6. The molecule has 3 aromatic rings. The molecule has 0 unspecified atom stereocenters. The molecular formula is C27H26I2N2O6S. The van der Waals surface area contributed by atoms with Gasteiger partial charge in [0, 0.05) is 0 Å². The van der Waals surface area contributed by atoms with Crippen LogP contribution in [0.3, 0.4) is 0 Å². The summed E-state index contributed by atoms with van der Waals surface area (Å²) in [6.45, 7) is 6.02. The molecule has 0 saturated heterocycles. The lowest BCUT2D eigenvalue weighted by molar-refractivity contribution is -0.139. The molecule has 0 bridgehead atoms. The number of benzene rings is 2. The molecule has 0 fully saturated rings. The van der Waals surface area contributed by atoms with E-state index in [1.165, 1.54) is 11.3 Å². The number of nitrogens with zero attached hydrogens (tertiary/aromatic N) is 2. The van der Waals surface area contributed by atoms with E-state index in [0.29, 0.717) is 44.3 Å². The summed E-state index contributed by atoms with van der Waals surface area (Å²) in [5.74, 6) is 1.37. The van der Waals surface area contributed by atoms with Gasteiger partial charge in [0.25, 0.3) is 5.56 Å². The minimum atomic E-state index is -0.742. The van der Waals surface area contributed by atoms with Crippen LogP contribution in [0.1, 0.15) is 37.9 Å². The number of rotatable bonds is 8. The van der Waals surface area contributed by atoms with E-state index in [1.54, 1.807) is 44.8 Å². The Morgan fingerprint density at radius 3 is 2.39 bits per heavy atom. The lowest BCUT2D eigenvalue weighted by Gasteiger charge is -2.25. The number of carbonyl (C=O) groups excluding carboxylic acids is 1. The number of fused-ring (bicyclic) bond motifs is 1. The van der Waals surface area contributed by atoms with Crippen molar-refractivity contribution in [1.82, 2.24) is 4.57 Å². The molecule has 11 heteroatoms. The van der Waals surface area contributed by atoms with Gasteiger partial charge in [0.1, 0.15) is 5.75 Å². The quantitative estimate of drug-likeness (QED) is 0.250. The van der Waals surface area contributed by atoms with Gasteiger partial charge in [-0.25, -0.2) is 9.79 Å². The van der Waals surface area contributed by atoms with Crippen molar-refractivity contribution in [2.75, 3.05) is 27.4 Å². The van der Waals surface area contributed by atoms with Crippen molar-refractivity contribution in [1.29, 1.82) is 0 Å². The van der Waals surface area contributed by atoms with Crippen LogP contribution in [0.2, 0.25) is 0 Å². The second-order valence-electron chi connectivity index (χ2n) is 8.16. The van der Waals surface area contributed by atoms with Gasteiger partial charge in [-0.05, 0) is 107 Å². The Hall–Kier alpha value is -2.39. The molecule has 1 aliphatic rings. The van der Waals surface area contributed by atoms with Crippen molar-refractivity contribution in [2.24, 2.45) is 4.99 Å². The Kier molecular flexibility index (Phi) is 9.19. The van der Waals surface area contributed by atoms with Gasteiger partial charge in [-0.2, -0.15) is 0 Å². The molecule has 4 rings (SSSR count). The highest BCUT2D eigenvalue weighted by Gasteiger charge is 2.34. The van der Waals surface area contributed by atoms with Crippen LogP contribution < -0.4 is 29.1 Å². The van der Waals surface area contributed by atoms with Gasteiger partial charge in [0.15, 0.2) is 16.3 Å². The van der Waals surface area contributed by atoms with Gasteiger partial charge >= 0.3 is 5.97 Å². The smallest absolute Gasteiger partial charge is 0.338 e. The van der Waals surface area contributed by atoms with Crippen LogP contribution >= 0.6 is 56.5 Å². The van der Waals surface area contributed by atoms with E-state index < -0.39 is 12.0 Å². The lowest BCUT2D eigenvalue weighted by Crippen LogP contribution is -2.40. The Morgan fingerprint density at radius 1 is 1.08 bits per heavy atom. The van der Waals surface area contributed by atoms with Crippen molar-refractivity contribution in [3.05, 3.63) is 79.6 Å². The minimum Gasteiger partial charge on any atom is -0.495 e. The van der Waals surface area contributed by atoms with Crippen LogP contribution in [0.15, 0.2) is 51.4 Å². The van der Waals surface area contributed by atoms with Crippen LogP contribution in [0.5, 0.6) is 17.2 Å². The van der Waals surface area contributed by atoms with E-state index in [9.17, 15) is 9.59 Å². The zero-order chi connectivity index (χ0) is 27.6. The SMILES string of the molecule is CCOC(=O)C1=C(C)N=c2s/c(=C\c3cc(I)c(OC)c(I)c3)c(=O)n2[C@@H]1c1ccc(OC)c(OCC)c1. The van der Waals surface area contributed by atoms with E-state index in [2.05, 4.69) is 50.2 Å². The zero-order valence-electron chi connectivity index (χ0n) is 21.5. The second-order valence-corrected chi connectivity index (χ2v) is 11.5. The van der Waals surface area contributed by atoms with Crippen LogP contribution in [-0.2, 0) is 9.53 Å². The summed E-state index contributed by atoms with van der Waals surface area (Å²) >= 11 is 5.72. The number of methoxy groups -OCH3 is 2. The van der Waals surface area contributed by atoms with E-state index in [1.807, 2.05) is 31.2 Å². The maximum absolute atomic E-state index is 13.9. The normalized spacial score (nSPS) is 15.1. The number of hydrogen-bond donors (Lipinski definition) is 0. The third-order valence-electron chi connectivity index (χ3n) is 5.84. The number of halogens is 2. The molecule has 8 nitrogen and oxygen atoms in total. The van der Waals surface area contributed by atoms with E-state index >= 15 is 0 Å². The number of allylic oxidation sites excluding steroid dienone is 1. The number of thiazole rings is 1. The largest absolute Gasteiger partial charge is 0.495 e. The third kappa shape index (κ3) is 5.50. The number of ether oxygens (including phenoxy) is 4. The molecule has 0 radical (unpaired) electrons. The van der Waals surface area contributed by atoms with Crippen LogP contribution in [0, 0.1) is 7.14 Å². The Morgan fingerprint density at radius 2 is 1.79 bits per heavy atom. The topological polar surface area (TPSA) is 88.4 Å². The van der Waals surface area contributed by atoms with Crippen molar-refractivity contribution < 1.29 is 23.7 Å². The fourth-order valence-electron chi connectivity index (χ4n) is 4.25. The number of aromatic nitrogens is 1. The molecule has 0 spiro atoms. The molecule has 0 saturated carbocycles. The van der Waals surface area contributed by atoms with E-state index in [0.717, 1.165) is 18.5 Å². The van der Waals surface area contributed by atoms with Gasteiger partial charge in [0.2, 0.25) is 0 Å². The van der Waals surface area contributed by atoms with Crippen LogP contribution in [0.25, 0.3) is 6.08 Å². The molecule has 2 aromatic carbocycles. The van der Waals surface area contributed by atoms with Crippen LogP contribution in [0.4, 0.5) is 0 Å². The monoisotopic (exact) mass is 760 g/mol. The van der Waals surface area contributed by atoms with Gasteiger partial charge in [-0.3, -0.25) is 9.36 Å². The number of hydrogen-bond acceptors (Lipinski definition) is 8. The summed E-state index contributed by atoms with van der Waals surface area (Å²) < 4.78 is 26.0. The summed E-state index contributed by atoms with van der Waals surface area (Å²) in [5.41, 5.74) is 2.12. The molecule has 0 amide bonds. The van der Waals surface area contributed by atoms with Crippen molar-refractivity contribution >= 4 is 68.6 Å². The molecule has 0 N–H and O–H groups in total. The first kappa shape index (κ1) is 28.6. The summed E-state index contributed by atoms with van der Waals surface area (Å²) in [5, 5.41) is 0. The van der Waals surface area contributed by atoms with Crippen molar-refractivity contribution in [2.45, 2.75) is 26.8 Å². The minimum absolute atomic E-state index is 0.203. The maximum atomic E-state index is 13.9. The fraction of sp³-hybridized carbons (Fsp3) is 0.296. The van der Waals surface area contributed by atoms with Crippen molar-refractivity contribution in [3.63, 3.8) is 0 Å². The predicted molar refractivity (Wildman–Crippen MR) is 163 cm³/mol. The Bertz CT molecular complexity index is 1590. The van der Waals surface area contributed by atoms with E-state index in [-0.39, 0.29) is 12.2 Å². The number of esters is 1. The predicted octanol–water partition coefficient (Wildman–Crippen LogP) is 4.42. The first-order valence-electron chi connectivity index (χ1n) is 11.8. The average Bonchev–Trinajstić information content (AvgIpc) is 3.17. The first-order valence-corrected chi connectivity index (χ1v) is 14.7. The molecule has 1 aliphatic heterocycles. The van der Waals surface area contributed by atoms with Gasteiger partial charge in [-0.15, -0.1) is 0 Å². The summed E-state index contributed by atoms with van der Waals surface area (Å²) in [7, 11) is 3.20. The summed E-state index contributed by atoms with van der Waals surface area (Å²) in [6, 6.07) is 8.59. The molecule has 1 atom stereocenters. The fourth-order valence-corrected chi connectivity index (χ4v) is 7.55. The van der Waals surface area contributed by atoms with Crippen molar-refractivity contribution in [3.8, 4) is 17.2 Å². The lowest BCUT2D eigenvalue weighted by atomic mass is 9.95. The standard InChI is InChI=1S/C27H26I2N2O6S/c1-6-36-20-13-16(8-9-19(20)34-4)23-22(26(33)37-7-2)14(3)30-27-31(23)25(32)21(38-27)12-15-10-17(28)24(35-5)18(29)11-15/h8-13,23H,6-7H2,1-5H3/b21-12-/t23-/m1/s1. The molecule has 0 aliphatic carbocycles. The van der Waals surface area contributed by atoms with Gasteiger partial charge in [-0.1, -0.05) is 17.4 Å². The highest BCUT2D eigenvalue weighted by molar-refractivity contribution is 14.1. The third-order valence-corrected chi connectivity index (χ3v) is 8.43. The summed E-state index contributed by atoms with van der Waals surface area (Å²) in [4.78, 5) is 32.2. The molecule has 2 heterocycles. The number of carbonyl (C=O) groups is 1. The van der Waals surface area contributed by atoms with Gasteiger partial charge < -0.3 is 18.9 Å². The molecule has 1 aromatic heterocycles. The highest BCUT2D eigenvalue weighted by atomic mass is 127. The van der Waals surface area contributed by atoms with E-state index in [4.69, 9.17) is 18.9 Å². The average molecular weight is 760 g/mol. The van der Waals surface area contributed by atoms with Crippen LogP contribution in [-0.4, -0.2) is 38.0 Å². The Balaban J connectivity index is 1.96. The van der Waals surface area contributed by atoms with Gasteiger partial charge in [0.05, 0.1) is 56.4 Å². The highest BCUT2D eigenvalue weighted by Crippen LogP contribution is 2.36. The first-order chi connectivity index (χ1) is 18.2. The molecule has 38 heavy (non-hydrogen) atoms. The summed E-state index contributed by atoms with van der Waals surface area (Å²) in [6.07, 6.45) is 1.84. The Labute approximate surface area is 251 Å². The second kappa shape index (κ2) is 12.2. The maximum Gasteiger partial charge on any atom is 0.338 e.